The molecule has 1 saturated carbocycles. The van der Waals surface area contributed by atoms with Gasteiger partial charge < -0.3 is 10.1 Å². The van der Waals surface area contributed by atoms with Gasteiger partial charge in [0, 0.05) is 6.04 Å². The number of esters is 1. The van der Waals surface area contributed by atoms with Gasteiger partial charge in [0.05, 0.1) is 0 Å². The molecule has 0 aliphatic heterocycles. The summed E-state index contributed by atoms with van der Waals surface area (Å²) in [6, 6.07) is 4.90. The number of benzene rings is 1. The number of sulfonamides is 1. The van der Waals surface area contributed by atoms with Crippen molar-refractivity contribution >= 4 is 21.9 Å². The van der Waals surface area contributed by atoms with Gasteiger partial charge in [-0.1, -0.05) is 37.8 Å². The second kappa shape index (κ2) is 9.63. The molecule has 0 unspecified atom stereocenters. The van der Waals surface area contributed by atoms with Crippen molar-refractivity contribution in [2.75, 3.05) is 13.2 Å². The van der Waals surface area contributed by atoms with E-state index in [0.717, 1.165) is 50.7 Å². The molecule has 1 aromatic rings. The van der Waals surface area contributed by atoms with Crippen molar-refractivity contribution in [3.63, 3.8) is 0 Å². The van der Waals surface area contributed by atoms with E-state index in [9.17, 15) is 22.4 Å². The Hall–Kier alpha value is -2.00. The van der Waals surface area contributed by atoms with Gasteiger partial charge in [-0.05, 0) is 25.0 Å². The summed E-state index contributed by atoms with van der Waals surface area (Å²) in [6.07, 6.45) is 6.24. The molecule has 26 heavy (non-hydrogen) atoms. The van der Waals surface area contributed by atoms with Crippen LogP contribution in [0, 0.1) is 5.82 Å². The van der Waals surface area contributed by atoms with Crippen LogP contribution in [-0.4, -0.2) is 39.5 Å². The predicted molar refractivity (Wildman–Crippen MR) is 92.2 cm³/mol. The molecule has 0 saturated heterocycles. The SMILES string of the molecule is O=C(COC(=O)CNS(=O)(=O)c1ccccc1F)NC1CCCCCC1. The Balaban J connectivity index is 1.74. The smallest absolute Gasteiger partial charge is 0.321 e. The van der Waals surface area contributed by atoms with Crippen LogP contribution in [0.3, 0.4) is 0 Å². The van der Waals surface area contributed by atoms with Crippen LogP contribution in [0.1, 0.15) is 38.5 Å². The highest BCUT2D eigenvalue weighted by Crippen LogP contribution is 2.17. The largest absolute Gasteiger partial charge is 0.455 e. The second-order valence-corrected chi connectivity index (χ2v) is 7.91. The molecular formula is C17H23FN2O5S. The third-order valence-corrected chi connectivity index (χ3v) is 5.55. The molecule has 1 aliphatic rings. The molecule has 0 spiro atoms. The molecule has 0 heterocycles. The van der Waals surface area contributed by atoms with Gasteiger partial charge in [-0.25, -0.2) is 12.8 Å². The minimum Gasteiger partial charge on any atom is -0.455 e. The molecule has 7 nitrogen and oxygen atoms in total. The molecular weight excluding hydrogens is 363 g/mol. The van der Waals surface area contributed by atoms with Crippen molar-refractivity contribution in [1.82, 2.24) is 10.0 Å². The summed E-state index contributed by atoms with van der Waals surface area (Å²) in [5.41, 5.74) is 0. The van der Waals surface area contributed by atoms with Crippen molar-refractivity contribution in [3.8, 4) is 0 Å². The van der Waals surface area contributed by atoms with Crippen molar-refractivity contribution in [1.29, 1.82) is 0 Å². The third-order valence-electron chi connectivity index (χ3n) is 4.12. The first kappa shape index (κ1) is 20.3. The van der Waals surface area contributed by atoms with Crippen LogP contribution < -0.4 is 10.0 Å². The highest BCUT2D eigenvalue weighted by atomic mass is 32.2. The maximum Gasteiger partial charge on any atom is 0.321 e. The van der Waals surface area contributed by atoms with Gasteiger partial charge in [-0.2, -0.15) is 4.72 Å². The number of ether oxygens (including phenoxy) is 1. The van der Waals surface area contributed by atoms with E-state index in [1.54, 1.807) is 0 Å². The standard InChI is InChI=1S/C17H23FN2O5S/c18-14-9-5-6-10-15(14)26(23,24)19-11-17(22)25-12-16(21)20-13-7-3-1-2-4-8-13/h5-6,9-10,13,19H,1-4,7-8,11-12H2,(H,20,21). The van der Waals surface area contributed by atoms with Crippen LogP contribution in [0.15, 0.2) is 29.2 Å². The van der Waals surface area contributed by atoms with Crippen molar-refractivity contribution < 1.29 is 27.1 Å². The van der Waals surface area contributed by atoms with E-state index in [2.05, 4.69) is 5.32 Å². The summed E-state index contributed by atoms with van der Waals surface area (Å²) in [5, 5.41) is 2.82. The molecule has 0 aromatic heterocycles. The molecule has 0 bridgehead atoms. The number of hydrogen-bond donors (Lipinski definition) is 2. The van der Waals surface area contributed by atoms with E-state index in [1.165, 1.54) is 12.1 Å². The lowest BCUT2D eigenvalue weighted by Gasteiger charge is -2.16. The maximum atomic E-state index is 13.5. The quantitative estimate of drug-likeness (QED) is 0.546. The van der Waals surface area contributed by atoms with E-state index in [1.807, 2.05) is 4.72 Å². The number of rotatable bonds is 7. The fraction of sp³-hybridized carbons (Fsp3) is 0.529. The topological polar surface area (TPSA) is 102 Å². The van der Waals surface area contributed by atoms with Gasteiger partial charge in [0.1, 0.15) is 17.3 Å². The summed E-state index contributed by atoms with van der Waals surface area (Å²) in [4.78, 5) is 22.9. The zero-order valence-corrected chi connectivity index (χ0v) is 15.2. The molecule has 144 valence electrons. The average molecular weight is 386 g/mol. The summed E-state index contributed by atoms with van der Waals surface area (Å²) >= 11 is 0. The minimum atomic E-state index is -4.18. The van der Waals surface area contributed by atoms with E-state index in [-0.39, 0.29) is 6.04 Å². The number of hydrogen-bond acceptors (Lipinski definition) is 5. The lowest BCUT2D eigenvalue weighted by atomic mass is 10.1. The molecule has 1 amide bonds. The number of carbonyl (C=O) groups is 2. The Morgan fingerprint density at radius 1 is 1.12 bits per heavy atom. The summed E-state index contributed by atoms with van der Waals surface area (Å²) in [7, 11) is -4.18. The van der Waals surface area contributed by atoms with Gasteiger partial charge in [-0.15, -0.1) is 0 Å². The Bertz CT molecular complexity index is 730. The first-order chi connectivity index (χ1) is 12.4. The summed E-state index contributed by atoms with van der Waals surface area (Å²) in [5.74, 6) is -2.25. The van der Waals surface area contributed by atoms with Crippen LogP contribution in [-0.2, 0) is 24.3 Å². The van der Waals surface area contributed by atoms with Crippen LogP contribution in [0.25, 0.3) is 0 Å². The van der Waals surface area contributed by atoms with Crippen LogP contribution in [0.2, 0.25) is 0 Å². The highest BCUT2D eigenvalue weighted by Gasteiger charge is 2.20. The molecule has 1 aliphatic carbocycles. The fourth-order valence-corrected chi connectivity index (χ4v) is 3.83. The van der Waals surface area contributed by atoms with Crippen LogP contribution in [0.5, 0.6) is 0 Å². The Morgan fingerprint density at radius 3 is 2.42 bits per heavy atom. The molecule has 1 aromatic carbocycles. The Labute approximate surface area is 152 Å². The van der Waals surface area contributed by atoms with Crippen molar-refractivity contribution in [2.24, 2.45) is 0 Å². The first-order valence-electron chi connectivity index (χ1n) is 8.57. The third kappa shape index (κ3) is 6.38. The molecule has 2 rings (SSSR count). The second-order valence-electron chi connectivity index (χ2n) is 6.17. The number of halogens is 1. The van der Waals surface area contributed by atoms with Gasteiger partial charge in [-0.3, -0.25) is 9.59 Å². The maximum absolute atomic E-state index is 13.5. The monoisotopic (exact) mass is 386 g/mol. The predicted octanol–water partition coefficient (Wildman–Crippen LogP) is 1.49. The lowest BCUT2D eigenvalue weighted by molar-refractivity contribution is -0.147. The van der Waals surface area contributed by atoms with Crippen LogP contribution >= 0.6 is 0 Å². The zero-order chi connectivity index (χ0) is 19.0. The van der Waals surface area contributed by atoms with Crippen molar-refractivity contribution in [3.05, 3.63) is 30.1 Å². The van der Waals surface area contributed by atoms with Crippen LogP contribution in [0.4, 0.5) is 4.39 Å². The van der Waals surface area contributed by atoms with Gasteiger partial charge in [0.25, 0.3) is 5.91 Å². The van der Waals surface area contributed by atoms with Gasteiger partial charge in [0.15, 0.2) is 6.61 Å². The molecule has 0 radical (unpaired) electrons. The molecule has 2 N–H and O–H groups in total. The summed E-state index contributed by atoms with van der Waals surface area (Å²) in [6.45, 7) is -1.16. The number of nitrogens with one attached hydrogen (secondary N) is 2. The number of carbonyl (C=O) groups excluding carboxylic acids is 2. The number of amides is 1. The van der Waals surface area contributed by atoms with Gasteiger partial charge in [0.2, 0.25) is 10.0 Å². The Morgan fingerprint density at radius 2 is 1.77 bits per heavy atom. The van der Waals surface area contributed by atoms with Crippen molar-refractivity contribution in [2.45, 2.75) is 49.5 Å². The molecule has 9 heteroatoms. The normalized spacial score (nSPS) is 15.9. The van der Waals surface area contributed by atoms with E-state index in [4.69, 9.17) is 4.74 Å². The zero-order valence-electron chi connectivity index (χ0n) is 14.4. The van der Waals surface area contributed by atoms with E-state index >= 15 is 0 Å². The first-order valence-corrected chi connectivity index (χ1v) is 10.1. The Kier molecular flexibility index (Phi) is 7.52. The molecule has 1 fully saturated rings. The van der Waals surface area contributed by atoms with Gasteiger partial charge >= 0.3 is 5.97 Å². The highest BCUT2D eigenvalue weighted by molar-refractivity contribution is 7.89. The van der Waals surface area contributed by atoms with E-state index < -0.39 is 45.8 Å². The average Bonchev–Trinajstić information content (AvgIpc) is 2.87. The minimum absolute atomic E-state index is 0.0864. The molecule has 0 atom stereocenters. The summed E-state index contributed by atoms with van der Waals surface area (Å²) < 4.78 is 44.2. The lowest BCUT2D eigenvalue weighted by Crippen LogP contribution is -2.38. The fourth-order valence-electron chi connectivity index (χ4n) is 2.78. The van der Waals surface area contributed by atoms with E-state index in [0.29, 0.717) is 0 Å².